The van der Waals surface area contributed by atoms with Crippen LogP contribution in [0.2, 0.25) is 0 Å². The van der Waals surface area contributed by atoms with E-state index in [-0.39, 0.29) is 16.9 Å². The number of nitrogens with one attached hydrogen (secondary N) is 1. The molecule has 1 aliphatic rings. The Morgan fingerprint density at radius 2 is 2.10 bits per heavy atom. The van der Waals surface area contributed by atoms with Gasteiger partial charge in [0, 0.05) is 11.9 Å². The van der Waals surface area contributed by atoms with Crippen molar-refractivity contribution in [3.05, 3.63) is 0 Å². The predicted molar refractivity (Wildman–Crippen MR) is 39.1 cm³/mol. The molecule has 1 fully saturated rings. The highest BCUT2D eigenvalue weighted by Gasteiger charge is 2.36. The molecular formula is C6H9NO2S. The van der Waals surface area contributed by atoms with Gasteiger partial charge in [-0.15, -0.1) is 0 Å². The highest BCUT2D eigenvalue weighted by atomic mass is 32.2. The summed E-state index contributed by atoms with van der Waals surface area (Å²) in [5.41, 5.74) is 0. The van der Waals surface area contributed by atoms with Crippen molar-refractivity contribution in [2.45, 2.75) is 13.8 Å². The minimum Gasteiger partial charge on any atom is -0.293 e. The van der Waals surface area contributed by atoms with Crippen LogP contribution in [-0.4, -0.2) is 11.0 Å². The van der Waals surface area contributed by atoms with Crippen LogP contribution in [-0.2, 0) is 9.59 Å². The predicted octanol–water partition coefficient (Wildman–Crippen LogP) is 0.563. The zero-order valence-electron chi connectivity index (χ0n) is 5.88. The molecule has 0 aromatic carbocycles. The Morgan fingerprint density at radius 3 is 2.30 bits per heavy atom. The van der Waals surface area contributed by atoms with Gasteiger partial charge in [0.15, 0.2) is 0 Å². The normalized spacial score (nSPS) is 25.7. The van der Waals surface area contributed by atoms with Gasteiger partial charge >= 0.3 is 0 Å². The Bertz CT molecular complexity index is 163. The minimum atomic E-state index is -0.426. The monoisotopic (exact) mass is 159 g/mol. The molecule has 1 aliphatic heterocycles. The fourth-order valence-corrected chi connectivity index (χ4v) is 1.74. The Labute approximate surface area is 63.7 Å². The van der Waals surface area contributed by atoms with Crippen molar-refractivity contribution in [2.75, 3.05) is 0 Å². The lowest BCUT2D eigenvalue weighted by atomic mass is 9.97. The average Bonchev–Trinajstić information content (AvgIpc) is 2.11. The van der Waals surface area contributed by atoms with Gasteiger partial charge in [0.05, 0.1) is 0 Å². The molecule has 1 amide bonds. The first kappa shape index (κ1) is 7.60. The van der Waals surface area contributed by atoms with E-state index in [9.17, 15) is 9.59 Å². The van der Waals surface area contributed by atoms with Gasteiger partial charge in [-0.1, -0.05) is 13.8 Å². The minimum absolute atomic E-state index is 0.0556. The third kappa shape index (κ3) is 1.16. The van der Waals surface area contributed by atoms with Crippen molar-refractivity contribution in [2.24, 2.45) is 11.8 Å². The number of hydrogen-bond acceptors (Lipinski definition) is 3. The van der Waals surface area contributed by atoms with Gasteiger partial charge in [-0.3, -0.25) is 14.3 Å². The summed E-state index contributed by atoms with van der Waals surface area (Å²) < 4.78 is 2.43. The van der Waals surface area contributed by atoms with E-state index in [4.69, 9.17) is 0 Å². The standard InChI is InChI=1S/C6H9NO2S/c1-3(2)4-5(8)7-10-6(4)9/h3-4H,1-2H3,(H,7,8). The van der Waals surface area contributed by atoms with Crippen molar-refractivity contribution in [3.8, 4) is 0 Å². The average molecular weight is 159 g/mol. The second-order valence-corrected chi connectivity index (χ2v) is 3.42. The van der Waals surface area contributed by atoms with Gasteiger partial charge in [-0.2, -0.15) is 0 Å². The van der Waals surface area contributed by atoms with Gasteiger partial charge in [0.25, 0.3) is 0 Å². The molecule has 56 valence electrons. The Balaban J connectivity index is 2.72. The molecule has 1 N–H and O–H groups in total. The van der Waals surface area contributed by atoms with Crippen LogP contribution in [0.5, 0.6) is 0 Å². The lowest BCUT2D eigenvalue weighted by Crippen LogP contribution is -2.24. The van der Waals surface area contributed by atoms with Crippen LogP contribution in [0.4, 0.5) is 0 Å². The lowest BCUT2D eigenvalue weighted by molar-refractivity contribution is -0.128. The second-order valence-electron chi connectivity index (χ2n) is 2.61. The zero-order valence-corrected chi connectivity index (χ0v) is 6.70. The summed E-state index contributed by atoms with van der Waals surface area (Å²) in [6, 6.07) is 0. The first-order valence-corrected chi connectivity index (χ1v) is 3.95. The van der Waals surface area contributed by atoms with Crippen molar-refractivity contribution >= 4 is 23.0 Å². The maximum absolute atomic E-state index is 10.9. The first-order valence-electron chi connectivity index (χ1n) is 3.13. The molecule has 1 saturated heterocycles. The molecule has 0 bridgehead atoms. The number of amides is 1. The SMILES string of the molecule is CC(C)C1C(=O)NSC1=O. The third-order valence-electron chi connectivity index (χ3n) is 1.46. The molecule has 0 aromatic rings. The quantitative estimate of drug-likeness (QED) is 0.449. The van der Waals surface area contributed by atoms with Crippen LogP contribution in [0.15, 0.2) is 0 Å². The second kappa shape index (κ2) is 2.62. The summed E-state index contributed by atoms with van der Waals surface area (Å²) in [5, 5.41) is -0.0556. The molecular weight excluding hydrogens is 150 g/mol. The van der Waals surface area contributed by atoms with E-state index >= 15 is 0 Å². The molecule has 0 saturated carbocycles. The molecule has 1 unspecified atom stereocenters. The van der Waals surface area contributed by atoms with E-state index in [0.29, 0.717) is 0 Å². The van der Waals surface area contributed by atoms with Crippen LogP contribution in [0.1, 0.15) is 13.8 Å². The largest absolute Gasteiger partial charge is 0.293 e. The van der Waals surface area contributed by atoms with E-state index in [1.165, 1.54) is 0 Å². The Hall–Kier alpha value is -0.510. The van der Waals surface area contributed by atoms with E-state index in [0.717, 1.165) is 11.9 Å². The molecule has 0 spiro atoms. The third-order valence-corrected chi connectivity index (χ3v) is 2.21. The summed E-state index contributed by atoms with van der Waals surface area (Å²) in [4.78, 5) is 21.8. The van der Waals surface area contributed by atoms with E-state index < -0.39 is 5.92 Å². The molecule has 1 rings (SSSR count). The topological polar surface area (TPSA) is 46.2 Å². The molecule has 1 atom stereocenters. The summed E-state index contributed by atoms with van der Waals surface area (Å²) in [7, 11) is 0. The fourth-order valence-electron chi connectivity index (χ4n) is 0.910. The van der Waals surface area contributed by atoms with Crippen LogP contribution < -0.4 is 4.72 Å². The van der Waals surface area contributed by atoms with Crippen molar-refractivity contribution in [1.29, 1.82) is 0 Å². The summed E-state index contributed by atoms with van der Waals surface area (Å²) in [5.74, 6) is -0.461. The molecule has 3 nitrogen and oxygen atoms in total. The van der Waals surface area contributed by atoms with Crippen molar-refractivity contribution in [3.63, 3.8) is 0 Å². The Kier molecular flexibility index (Phi) is 1.99. The van der Waals surface area contributed by atoms with Gasteiger partial charge in [0.2, 0.25) is 11.0 Å². The van der Waals surface area contributed by atoms with Crippen LogP contribution >= 0.6 is 11.9 Å². The van der Waals surface area contributed by atoms with Crippen LogP contribution in [0.25, 0.3) is 0 Å². The number of carbonyl (C=O) groups excluding carboxylic acids is 2. The number of hydrogen-bond donors (Lipinski definition) is 1. The highest BCUT2D eigenvalue weighted by molar-refractivity contribution is 8.13. The summed E-state index contributed by atoms with van der Waals surface area (Å²) in [6.07, 6.45) is 0. The molecule has 0 radical (unpaired) electrons. The number of carbonyl (C=O) groups is 2. The Morgan fingerprint density at radius 1 is 1.50 bits per heavy atom. The first-order chi connectivity index (χ1) is 4.63. The van der Waals surface area contributed by atoms with Crippen molar-refractivity contribution < 1.29 is 9.59 Å². The molecule has 0 aliphatic carbocycles. The fraction of sp³-hybridized carbons (Fsp3) is 0.667. The van der Waals surface area contributed by atoms with Gasteiger partial charge in [0.1, 0.15) is 5.92 Å². The van der Waals surface area contributed by atoms with E-state index in [1.807, 2.05) is 13.8 Å². The maximum atomic E-state index is 10.9. The molecule has 10 heavy (non-hydrogen) atoms. The van der Waals surface area contributed by atoms with Crippen molar-refractivity contribution in [1.82, 2.24) is 4.72 Å². The highest BCUT2D eigenvalue weighted by Crippen LogP contribution is 2.23. The smallest absolute Gasteiger partial charge is 0.241 e. The molecule has 4 heteroatoms. The molecule has 0 aromatic heterocycles. The summed E-state index contributed by atoms with van der Waals surface area (Å²) >= 11 is 0.903. The van der Waals surface area contributed by atoms with Gasteiger partial charge in [-0.25, -0.2) is 0 Å². The van der Waals surface area contributed by atoms with E-state index in [1.54, 1.807) is 0 Å². The lowest BCUT2D eigenvalue weighted by Gasteiger charge is -2.06. The maximum Gasteiger partial charge on any atom is 0.241 e. The number of rotatable bonds is 1. The molecule has 1 heterocycles. The van der Waals surface area contributed by atoms with Gasteiger partial charge < -0.3 is 0 Å². The van der Waals surface area contributed by atoms with Gasteiger partial charge in [-0.05, 0) is 5.92 Å². The van der Waals surface area contributed by atoms with Crippen LogP contribution in [0, 0.1) is 11.8 Å². The van der Waals surface area contributed by atoms with Crippen LogP contribution in [0.3, 0.4) is 0 Å². The zero-order chi connectivity index (χ0) is 7.72. The van der Waals surface area contributed by atoms with E-state index in [2.05, 4.69) is 4.72 Å². The summed E-state index contributed by atoms with van der Waals surface area (Å²) in [6.45, 7) is 3.74.